The number of aryl methyl sites for hydroxylation is 1. The Labute approximate surface area is 182 Å². The molecule has 0 aliphatic rings. The van der Waals surface area contributed by atoms with E-state index in [1.54, 1.807) is 24.3 Å². The van der Waals surface area contributed by atoms with E-state index in [2.05, 4.69) is 10.5 Å². The molecule has 0 aliphatic carbocycles. The fourth-order valence-electron chi connectivity index (χ4n) is 3.24. The van der Waals surface area contributed by atoms with E-state index in [0.717, 1.165) is 29.2 Å². The van der Waals surface area contributed by atoms with Crippen LogP contribution < -0.4 is 5.43 Å². The molecule has 166 valence electrons. The molecule has 0 bridgehead atoms. The van der Waals surface area contributed by atoms with Crippen molar-refractivity contribution in [2.45, 2.75) is 20.0 Å². The van der Waals surface area contributed by atoms with Gasteiger partial charge in [-0.2, -0.15) is 18.3 Å². The third-order valence-electron chi connectivity index (χ3n) is 4.84. The van der Waals surface area contributed by atoms with Crippen LogP contribution in [0.1, 0.15) is 43.2 Å². The topological polar surface area (TPSA) is 72.7 Å². The first-order valence-electron chi connectivity index (χ1n) is 9.50. The van der Waals surface area contributed by atoms with Gasteiger partial charge in [0.05, 0.1) is 24.5 Å². The molecule has 0 saturated heterocycles. The monoisotopic (exact) mass is 443 g/mol. The predicted molar refractivity (Wildman–Crippen MR) is 113 cm³/mol. The molecule has 0 spiro atoms. The molecule has 0 fully saturated rings. The van der Waals surface area contributed by atoms with E-state index in [-0.39, 0.29) is 5.56 Å². The molecule has 0 atom stereocenters. The fourth-order valence-corrected chi connectivity index (χ4v) is 3.24. The maximum Gasteiger partial charge on any atom is 0.416 e. The number of carbonyl (C=O) groups is 2. The second-order valence-corrected chi connectivity index (χ2v) is 6.98. The summed E-state index contributed by atoms with van der Waals surface area (Å²) < 4.78 is 45.1. The zero-order valence-electron chi connectivity index (χ0n) is 17.5. The molecular weight excluding hydrogens is 423 g/mol. The van der Waals surface area contributed by atoms with Gasteiger partial charge < -0.3 is 9.30 Å². The van der Waals surface area contributed by atoms with E-state index in [9.17, 15) is 22.8 Å². The molecule has 3 aromatic rings. The number of hydrogen-bond donors (Lipinski definition) is 1. The van der Waals surface area contributed by atoms with E-state index in [1.807, 2.05) is 24.5 Å². The number of benzene rings is 2. The van der Waals surface area contributed by atoms with E-state index in [4.69, 9.17) is 4.74 Å². The fraction of sp³-hybridized carbons (Fsp3) is 0.174. The van der Waals surface area contributed by atoms with Gasteiger partial charge in [0.25, 0.3) is 5.91 Å². The van der Waals surface area contributed by atoms with Crippen molar-refractivity contribution >= 4 is 18.1 Å². The van der Waals surface area contributed by atoms with Crippen molar-refractivity contribution in [1.82, 2.24) is 9.99 Å². The lowest BCUT2D eigenvalue weighted by Crippen LogP contribution is -2.18. The van der Waals surface area contributed by atoms with Gasteiger partial charge >= 0.3 is 12.1 Å². The maximum absolute atomic E-state index is 12.8. The summed E-state index contributed by atoms with van der Waals surface area (Å²) >= 11 is 0. The summed E-state index contributed by atoms with van der Waals surface area (Å²) in [6.07, 6.45) is -3.11. The Balaban J connectivity index is 1.76. The first kappa shape index (κ1) is 22.8. The van der Waals surface area contributed by atoms with Gasteiger partial charge in [0.1, 0.15) is 0 Å². The van der Waals surface area contributed by atoms with Gasteiger partial charge in [-0.05, 0) is 62.4 Å². The number of nitrogens with zero attached hydrogens (tertiary/aromatic N) is 2. The molecule has 0 unspecified atom stereocenters. The largest absolute Gasteiger partial charge is 0.465 e. The number of ether oxygens (including phenoxy) is 1. The third-order valence-corrected chi connectivity index (χ3v) is 4.84. The van der Waals surface area contributed by atoms with Gasteiger partial charge in [0.2, 0.25) is 0 Å². The van der Waals surface area contributed by atoms with Crippen LogP contribution in [0.2, 0.25) is 0 Å². The van der Waals surface area contributed by atoms with Crippen LogP contribution in [-0.2, 0) is 10.9 Å². The van der Waals surface area contributed by atoms with E-state index < -0.39 is 23.6 Å². The normalized spacial score (nSPS) is 11.6. The van der Waals surface area contributed by atoms with Crippen LogP contribution >= 0.6 is 0 Å². The Morgan fingerprint density at radius 1 is 1.03 bits per heavy atom. The van der Waals surface area contributed by atoms with Crippen LogP contribution in [-0.4, -0.2) is 29.8 Å². The van der Waals surface area contributed by atoms with Crippen molar-refractivity contribution in [1.29, 1.82) is 0 Å². The van der Waals surface area contributed by atoms with Gasteiger partial charge in [-0.3, -0.25) is 4.79 Å². The molecule has 9 heteroatoms. The number of halogens is 3. The summed E-state index contributed by atoms with van der Waals surface area (Å²) in [6, 6.07) is 12.8. The molecule has 1 heterocycles. The lowest BCUT2D eigenvalue weighted by atomic mass is 10.1. The predicted octanol–water partition coefficient (Wildman–Crippen LogP) is 4.66. The lowest BCUT2D eigenvalue weighted by Gasteiger charge is -2.10. The number of hydrazone groups is 1. The average molecular weight is 443 g/mol. The molecule has 0 aliphatic heterocycles. The number of carbonyl (C=O) groups excluding carboxylic acids is 2. The lowest BCUT2D eigenvalue weighted by molar-refractivity contribution is -0.137. The molecule has 0 saturated carbocycles. The molecule has 0 radical (unpaired) electrons. The number of methoxy groups -OCH3 is 1. The number of hydrogen-bond acceptors (Lipinski definition) is 4. The first-order valence-corrected chi connectivity index (χ1v) is 9.50. The summed E-state index contributed by atoms with van der Waals surface area (Å²) in [5.74, 6) is -1.18. The van der Waals surface area contributed by atoms with Crippen molar-refractivity contribution in [2.24, 2.45) is 5.10 Å². The van der Waals surface area contributed by atoms with Gasteiger partial charge in [-0.1, -0.05) is 6.07 Å². The molecule has 32 heavy (non-hydrogen) atoms. The van der Waals surface area contributed by atoms with Crippen molar-refractivity contribution in [2.75, 3.05) is 7.11 Å². The van der Waals surface area contributed by atoms with Crippen LogP contribution in [0.5, 0.6) is 0 Å². The van der Waals surface area contributed by atoms with E-state index in [1.165, 1.54) is 25.5 Å². The molecule has 2 aromatic carbocycles. The standard InChI is InChI=1S/C23H20F3N3O3/c1-14-11-18(15(2)29(14)20-9-7-16(8-10-20)22(31)32-3)13-27-28-21(30)17-5-4-6-19(12-17)23(24,25)26/h4-13H,1-3H3,(H,28,30)/b27-13-. The Morgan fingerprint density at radius 3 is 2.34 bits per heavy atom. The van der Waals surface area contributed by atoms with Crippen LogP contribution in [0.25, 0.3) is 5.69 Å². The van der Waals surface area contributed by atoms with Gasteiger partial charge in [0, 0.05) is 28.2 Å². The average Bonchev–Trinajstić information content (AvgIpc) is 3.05. The number of rotatable bonds is 5. The molecule has 3 rings (SSSR count). The van der Waals surface area contributed by atoms with Crippen molar-refractivity contribution in [3.05, 3.63) is 88.2 Å². The minimum Gasteiger partial charge on any atom is -0.465 e. The number of nitrogens with one attached hydrogen (secondary N) is 1. The Morgan fingerprint density at radius 2 is 1.72 bits per heavy atom. The van der Waals surface area contributed by atoms with Crippen LogP contribution in [0.15, 0.2) is 59.7 Å². The zero-order chi connectivity index (χ0) is 23.5. The SMILES string of the molecule is COC(=O)c1ccc(-n2c(C)cc(/C=N\NC(=O)c3cccc(C(F)(F)F)c3)c2C)cc1. The quantitative estimate of drug-likeness (QED) is 0.354. The van der Waals surface area contributed by atoms with Crippen LogP contribution in [0.3, 0.4) is 0 Å². The summed E-state index contributed by atoms with van der Waals surface area (Å²) in [5.41, 5.74) is 4.87. The highest BCUT2D eigenvalue weighted by atomic mass is 19.4. The highest BCUT2D eigenvalue weighted by Crippen LogP contribution is 2.29. The summed E-state index contributed by atoms with van der Waals surface area (Å²) in [5, 5.41) is 3.89. The molecular formula is C23H20F3N3O3. The van der Waals surface area contributed by atoms with Crippen molar-refractivity contribution in [3.63, 3.8) is 0 Å². The summed E-state index contributed by atoms with van der Waals surface area (Å²) in [4.78, 5) is 23.8. The van der Waals surface area contributed by atoms with Crippen LogP contribution in [0.4, 0.5) is 13.2 Å². The number of amides is 1. The van der Waals surface area contributed by atoms with Gasteiger partial charge in [0.15, 0.2) is 0 Å². The minimum atomic E-state index is -4.54. The van der Waals surface area contributed by atoms with E-state index in [0.29, 0.717) is 11.1 Å². The van der Waals surface area contributed by atoms with Crippen molar-refractivity contribution < 1.29 is 27.5 Å². The zero-order valence-corrected chi connectivity index (χ0v) is 17.5. The first-order chi connectivity index (χ1) is 15.1. The Hall–Kier alpha value is -3.88. The van der Waals surface area contributed by atoms with Gasteiger partial charge in [-0.15, -0.1) is 0 Å². The number of alkyl halides is 3. The Kier molecular flexibility index (Phi) is 6.47. The maximum atomic E-state index is 12.8. The molecule has 1 N–H and O–H groups in total. The highest BCUT2D eigenvalue weighted by molar-refractivity contribution is 5.95. The minimum absolute atomic E-state index is 0.145. The summed E-state index contributed by atoms with van der Waals surface area (Å²) in [6.45, 7) is 3.75. The second-order valence-electron chi connectivity index (χ2n) is 6.98. The van der Waals surface area contributed by atoms with Crippen LogP contribution in [0, 0.1) is 13.8 Å². The molecule has 1 amide bonds. The summed E-state index contributed by atoms with van der Waals surface area (Å²) in [7, 11) is 1.31. The van der Waals surface area contributed by atoms with Crippen molar-refractivity contribution in [3.8, 4) is 5.69 Å². The third kappa shape index (κ3) is 4.88. The van der Waals surface area contributed by atoms with Gasteiger partial charge in [-0.25, -0.2) is 10.2 Å². The molecule has 1 aromatic heterocycles. The van der Waals surface area contributed by atoms with E-state index >= 15 is 0 Å². The number of esters is 1. The highest BCUT2D eigenvalue weighted by Gasteiger charge is 2.30. The smallest absolute Gasteiger partial charge is 0.416 e. The Bertz CT molecular complexity index is 1180. The number of aromatic nitrogens is 1. The second kappa shape index (κ2) is 9.09. The molecule has 6 nitrogen and oxygen atoms in total.